The van der Waals surface area contributed by atoms with Crippen molar-refractivity contribution in [1.82, 2.24) is 19.7 Å². The Bertz CT molecular complexity index is 1470. The van der Waals surface area contributed by atoms with Gasteiger partial charge in [-0.3, -0.25) is 9.59 Å². The van der Waals surface area contributed by atoms with Crippen molar-refractivity contribution in [3.05, 3.63) is 48.3 Å². The average Bonchev–Trinajstić information content (AvgIpc) is 3.35. The Morgan fingerprint density at radius 2 is 1.78 bits per heavy atom. The second kappa shape index (κ2) is 7.97. The zero-order valence-corrected chi connectivity index (χ0v) is 18.6. The third kappa shape index (κ3) is 3.95. The smallest absolute Gasteiger partial charge is 0.322 e. The topological polar surface area (TPSA) is 157 Å². The van der Waals surface area contributed by atoms with Gasteiger partial charge in [-0.25, -0.2) is 13.1 Å². The van der Waals surface area contributed by atoms with E-state index in [1.165, 1.54) is 34.3 Å². The standard InChI is InChI=1S/C20H19N5O5S2/c1-10(2)18(20(27)28)23-32(29,30)12-4-6-14-13-5-3-11(7-16(13)31-17(14)8-12)25-9-15(19(21)26)22-24-25/h3-10,18,23H,1-2H3,(H2,21,26)(H,27,28)/t18-/m0/s1. The Hall–Kier alpha value is -3.35. The number of nitrogens with one attached hydrogen (secondary N) is 1. The van der Waals surface area contributed by atoms with Crippen molar-refractivity contribution >= 4 is 53.4 Å². The number of sulfonamides is 1. The molecule has 0 saturated heterocycles. The minimum Gasteiger partial charge on any atom is -0.480 e. The highest BCUT2D eigenvalue weighted by Crippen LogP contribution is 2.36. The molecule has 10 nitrogen and oxygen atoms in total. The van der Waals surface area contributed by atoms with Crippen molar-refractivity contribution in [2.75, 3.05) is 0 Å². The number of rotatable bonds is 7. The molecular formula is C20H19N5O5S2. The van der Waals surface area contributed by atoms with Crippen LogP contribution < -0.4 is 10.5 Å². The van der Waals surface area contributed by atoms with E-state index >= 15 is 0 Å². The summed E-state index contributed by atoms with van der Waals surface area (Å²) in [5.41, 5.74) is 5.93. The Labute approximate surface area is 186 Å². The van der Waals surface area contributed by atoms with Gasteiger partial charge in [-0.05, 0) is 30.2 Å². The number of amides is 1. The molecule has 4 rings (SSSR count). The third-order valence-electron chi connectivity index (χ3n) is 4.96. The first-order valence-electron chi connectivity index (χ1n) is 9.51. The monoisotopic (exact) mass is 473 g/mol. The van der Waals surface area contributed by atoms with Crippen LogP contribution in [0, 0.1) is 5.92 Å². The van der Waals surface area contributed by atoms with Crippen LogP contribution in [0.15, 0.2) is 47.5 Å². The van der Waals surface area contributed by atoms with Gasteiger partial charge in [0.1, 0.15) is 6.04 Å². The summed E-state index contributed by atoms with van der Waals surface area (Å²) in [4.78, 5) is 22.6. The molecule has 4 N–H and O–H groups in total. The molecule has 0 aliphatic rings. The van der Waals surface area contributed by atoms with Gasteiger partial charge in [0, 0.05) is 20.2 Å². The molecule has 1 amide bonds. The first kappa shape index (κ1) is 21.9. The van der Waals surface area contributed by atoms with E-state index in [-0.39, 0.29) is 10.6 Å². The second-order valence-electron chi connectivity index (χ2n) is 7.53. The van der Waals surface area contributed by atoms with E-state index in [2.05, 4.69) is 15.0 Å². The van der Waals surface area contributed by atoms with Crippen molar-refractivity contribution in [1.29, 1.82) is 0 Å². The van der Waals surface area contributed by atoms with Crippen LogP contribution in [0.5, 0.6) is 0 Å². The van der Waals surface area contributed by atoms with Gasteiger partial charge in [0.25, 0.3) is 5.91 Å². The normalized spacial score (nSPS) is 13.1. The van der Waals surface area contributed by atoms with Crippen LogP contribution in [0.3, 0.4) is 0 Å². The van der Waals surface area contributed by atoms with Crippen LogP contribution in [0.25, 0.3) is 25.9 Å². The molecule has 0 aliphatic heterocycles. The predicted molar refractivity (Wildman–Crippen MR) is 119 cm³/mol. The van der Waals surface area contributed by atoms with E-state index in [1.807, 2.05) is 12.1 Å². The zero-order chi connectivity index (χ0) is 23.2. The lowest BCUT2D eigenvalue weighted by atomic mass is 10.1. The molecule has 0 spiro atoms. The Kier molecular flexibility index (Phi) is 5.44. The minimum atomic E-state index is -4.03. The Balaban J connectivity index is 1.73. The van der Waals surface area contributed by atoms with Gasteiger partial charge in [-0.2, -0.15) is 4.72 Å². The summed E-state index contributed by atoms with van der Waals surface area (Å²) in [6.45, 7) is 3.27. The van der Waals surface area contributed by atoms with Gasteiger partial charge >= 0.3 is 5.97 Å². The van der Waals surface area contributed by atoms with Crippen LogP contribution in [0.2, 0.25) is 0 Å². The quantitative estimate of drug-likeness (QED) is 0.371. The van der Waals surface area contributed by atoms with Crippen molar-refractivity contribution in [2.24, 2.45) is 11.7 Å². The molecule has 4 aromatic rings. The number of hydrogen-bond donors (Lipinski definition) is 3. The first-order valence-corrected chi connectivity index (χ1v) is 11.8. The molecule has 0 unspecified atom stereocenters. The first-order chi connectivity index (χ1) is 15.1. The fraction of sp³-hybridized carbons (Fsp3) is 0.200. The average molecular weight is 474 g/mol. The SMILES string of the molecule is CC(C)[C@H](NS(=O)(=O)c1ccc2c(c1)sc1cc(-n3cc(C(N)=O)nn3)ccc12)C(=O)O. The maximum atomic E-state index is 12.8. The number of carboxylic acids is 1. The summed E-state index contributed by atoms with van der Waals surface area (Å²) in [6.07, 6.45) is 1.43. The fourth-order valence-electron chi connectivity index (χ4n) is 3.27. The summed E-state index contributed by atoms with van der Waals surface area (Å²) in [6, 6.07) is 9.00. The number of carbonyl (C=O) groups excluding carboxylic acids is 1. The molecule has 2 heterocycles. The lowest BCUT2D eigenvalue weighted by Gasteiger charge is -2.18. The number of carbonyl (C=O) groups is 2. The lowest BCUT2D eigenvalue weighted by Crippen LogP contribution is -2.44. The molecule has 0 saturated carbocycles. The molecule has 2 aromatic carbocycles. The minimum absolute atomic E-state index is 0.00828. The van der Waals surface area contributed by atoms with Gasteiger partial charge in [-0.1, -0.05) is 31.2 Å². The van der Waals surface area contributed by atoms with Crippen LogP contribution in [-0.4, -0.2) is 46.4 Å². The Morgan fingerprint density at radius 1 is 1.12 bits per heavy atom. The van der Waals surface area contributed by atoms with E-state index in [4.69, 9.17) is 5.73 Å². The third-order valence-corrected chi connectivity index (χ3v) is 7.52. The molecule has 32 heavy (non-hydrogen) atoms. The van der Waals surface area contributed by atoms with E-state index in [0.29, 0.717) is 5.69 Å². The van der Waals surface area contributed by atoms with Gasteiger partial charge in [0.2, 0.25) is 10.0 Å². The van der Waals surface area contributed by atoms with Gasteiger partial charge in [-0.15, -0.1) is 16.4 Å². The zero-order valence-electron chi connectivity index (χ0n) is 17.0. The predicted octanol–water partition coefficient (Wildman–Crippen LogP) is 2.12. The summed E-state index contributed by atoms with van der Waals surface area (Å²) in [5, 5.41) is 18.7. The molecule has 0 fully saturated rings. The maximum absolute atomic E-state index is 12.8. The van der Waals surface area contributed by atoms with E-state index in [0.717, 1.165) is 20.2 Å². The number of hydrogen-bond acceptors (Lipinski definition) is 7. The van der Waals surface area contributed by atoms with Crippen LogP contribution in [-0.2, 0) is 14.8 Å². The molecule has 0 aliphatic carbocycles. The summed E-state index contributed by atoms with van der Waals surface area (Å²) in [7, 11) is -4.03. The Morgan fingerprint density at radius 3 is 2.38 bits per heavy atom. The molecule has 2 aromatic heterocycles. The summed E-state index contributed by atoms with van der Waals surface area (Å²) in [5.74, 6) is -2.32. The van der Waals surface area contributed by atoms with Crippen LogP contribution >= 0.6 is 11.3 Å². The van der Waals surface area contributed by atoms with E-state index < -0.39 is 33.9 Å². The van der Waals surface area contributed by atoms with Gasteiger partial charge < -0.3 is 10.8 Å². The number of nitrogens with zero attached hydrogens (tertiary/aromatic N) is 3. The highest BCUT2D eigenvalue weighted by molar-refractivity contribution is 7.89. The van der Waals surface area contributed by atoms with Crippen LogP contribution in [0.4, 0.5) is 0 Å². The number of primary amides is 1. The molecule has 0 bridgehead atoms. The fourth-order valence-corrected chi connectivity index (χ4v) is 5.88. The molecule has 1 atom stereocenters. The van der Waals surface area contributed by atoms with Gasteiger partial charge in [0.05, 0.1) is 16.8 Å². The highest BCUT2D eigenvalue weighted by Gasteiger charge is 2.28. The lowest BCUT2D eigenvalue weighted by molar-refractivity contribution is -0.140. The van der Waals surface area contributed by atoms with Crippen LogP contribution in [0.1, 0.15) is 24.3 Å². The van der Waals surface area contributed by atoms with Crippen molar-refractivity contribution in [3.8, 4) is 5.69 Å². The highest BCUT2D eigenvalue weighted by atomic mass is 32.2. The summed E-state index contributed by atoms with van der Waals surface area (Å²) < 4.78 is 30.9. The number of aromatic nitrogens is 3. The molecule has 12 heteroatoms. The van der Waals surface area contributed by atoms with Crippen molar-refractivity contribution in [2.45, 2.75) is 24.8 Å². The number of thiophene rings is 1. The second-order valence-corrected chi connectivity index (χ2v) is 10.3. The number of benzene rings is 2. The van der Waals surface area contributed by atoms with Crippen molar-refractivity contribution in [3.63, 3.8) is 0 Å². The number of aliphatic carboxylic acids is 1. The largest absolute Gasteiger partial charge is 0.480 e. The number of fused-ring (bicyclic) bond motifs is 3. The molecule has 166 valence electrons. The van der Waals surface area contributed by atoms with E-state index in [1.54, 1.807) is 26.0 Å². The van der Waals surface area contributed by atoms with Crippen molar-refractivity contribution < 1.29 is 23.1 Å². The number of carboxylic acid groups (broad SMARTS) is 1. The maximum Gasteiger partial charge on any atom is 0.322 e. The van der Waals surface area contributed by atoms with E-state index in [9.17, 15) is 23.1 Å². The number of nitrogens with two attached hydrogens (primary N) is 1. The summed E-state index contributed by atoms with van der Waals surface area (Å²) >= 11 is 1.38. The molecular weight excluding hydrogens is 454 g/mol. The molecule has 0 radical (unpaired) electrons. The van der Waals surface area contributed by atoms with Gasteiger partial charge in [0.15, 0.2) is 5.69 Å².